The van der Waals surface area contributed by atoms with Gasteiger partial charge in [-0.1, -0.05) is 11.6 Å². The molecule has 0 radical (unpaired) electrons. The van der Waals surface area contributed by atoms with Gasteiger partial charge in [0.05, 0.1) is 11.3 Å². The first-order valence-electron chi connectivity index (χ1n) is 6.32. The number of nitriles is 1. The van der Waals surface area contributed by atoms with Gasteiger partial charge in [0.2, 0.25) is 0 Å². The summed E-state index contributed by atoms with van der Waals surface area (Å²) in [5.74, 6) is 0.589. The summed E-state index contributed by atoms with van der Waals surface area (Å²) < 4.78 is 0. The van der Waals surface area contributed by atoms with Crippen LogP contribution in [0.5, 0.6) is 0 Å². The van der Waals surface area contributed by atoms with Crippen molar-refractivity contribution in [2.24, 2.45) is 11.7 Å². The van der Waals surface area contributed by atoms with Crippen LogP contribution in [0.4, 0.5) is 5.69 Å². The molecule has 0 spiro atoms. The lowest BCUT2D eigenvalue weighted by Crippen LogP contribution is -2.40. The number of rotatable bonds is 2. The molecule has 0 amide bonds. The fourth-order valence-corrected chi connectivity index (χ4v) is 2.69. The molecular formula is C14H18ClN3. The first kappa shape index (κ1) is 13.2. The van der Waals surface area contributed by atoms with Gasteiger partial charge in [-0.25, -0.2) is 0 Å². The van der Waals surface area contributed by atoms with E-state index in [0.29, 0.717) is 16.5 Å². The Kier molecular flexibility index (Phi) is 4.11. The third-order valence-corrected chi connectivity index (χ3v) is 3.94. The molecule has 4 heteroatoms. The minimum absolute atomic E-state index is 0.252. The number of hydrogen-bond acceptors (Lipinski definition) is 3. The van der Waals surface area contributed by atoms with Crippen molar-refractivity contribution in [1.29, 1.82) is 5.26 Å². The Bertz CT molecular complexity index is 457. The Labute approximate surface area is 113 Å². The van der Waals surface area contributed by atoms with E-state index in [9.17, 15) is 0 Å². The molecule has 1 heterocycles. The Morgan fingerprint density at radius 3 is 2.67 bits per heavy atom. The van der Waals surface area contributed by atoms with Crippen LogP contribution in [0.25, 0.3) is 0 Å². The molecule has 1 aromatic rings. The molecule has 0 aromatic heterocycles. The van der Waals surface area contributed by atoms with Crippen LogP contribution in [0.1, 0.15) is 25.3 Å². The average Bonchev–Trinajstić information content (AvgIpc) is 2.39. The molecule has 2 N–H and O–H groups in total. The lowest BCUT2D eigenvalue weighted by Gasteiger charge is -2.35. The number of piperidine rings is 1. The van der Waals surface area contributed by atoms with E-state index in [1.807, 2.05) is 6.07 Å². The Balaban J connectivity index is 2.14. The van der Waals surface area contributed by atoms with Crippen LogP contribution in [0.3, 0.4) is 0 Å². The summed E-state index contributed by atoms with van der Waals surface area (Å²) in [6.07, 6.45) is 2.16. The average molecular weight is 264 g/mol. The fourth-order valence-electron chi connectivity index (χ4n) is 2.53. The number of benzene rings is 1. The highest BCUT2D eigenvalue weighted by Crippen LogP contribution is 2.29. The zero-order valence-corrected chi connectivity index (χ0v) is 11.3. The highest BCUT2D eigenvalue weighted by Gasteiger charge is 2.23. The standard InChI is InChI=1S/C14H18ClN3/c1-10(17)11-4-6-18(7-5-11)14-8-13(15)3-2-12(14)9-16/h2-3,8,10-11H,4-7,17H2,1H3. The van der Waals surface area contributed by atoms with E-state index in [0.717, 1.165) is 31.6 Å². The molecule has 1 aliphatic heterocycles. The van der Waals surface area contributed by atoms with Crippen LogP contribution in [0, 0.1) is 17.2 Å². The summed E-state index contributed by atoms with van der Waals surface area (Å²) >= 11 is 6.02. The number of nitrogens with two attached hydrogens (primary N) is 1. The zero-order chi connectivity index (χ0) is 13.1. The summed E-state index contributed by atoms with van der Waals surface area (Å²) in [4.78, 5) is 2.24. The van der Waals surface area contributed by atoms with Gasteiger partial charge < -0.3 is 10.6 Å². The van der Waals surface area contributed by atoms with E-state index in [2.05, 4.69) is 17.9 Å². The van der Waals surface area contributed by atoms with Crippen molar-refractivity contribution < 1.29 is 0 Å². The van der Waals surface area contributed by atoms with Gasteiger partial charge in [0.25, 0.3) is 0 Å². The lowest BCUT2D eigenvalue weighted by molar-refractivity contribution is 0.354. The molecule has 1 aliphatic rings. The summed E-state index contributed by atoms with van der Waals surface area (Å²) in [5.41, 5.74) is 7.58. The van der Waals surface area contributed by atoms with E-state index in [-0.39, 0.29) is 6.04 Å². The topological polar surface area (TPSA) is 53.0 Å². The van der Waals surface area contributed by atoms with Crippen molar-refractivity contribution in [2.45, 2.75) is 25.8 Å². The molecular weight excluding hydrogens is 246 g/mol. The van der Waals surface area contributed by atoms with Crippen LogP contribution in [0.15, 0.2) is 18.2 Å². The molecule has 1 atom stereocenters. The highest BCUT2D eigenvalue weighted by molar-refractivity contribution is 6.30. The Hall–Kier alpha value is -1.24. The second kappa shape index (κ2) is 5.60. The normalized spacial score (nSPS) is 18.4. The Morgan fingerprint density at radius 1 is 1.44 bits per heavy atom. The van der Waals surface area contributed by atoms with Gasteiger partial charge in [-0.05, 0) is 43.9 Å². The quantitative estimate of drug-likeness (QED) is 0.893. The third kappa shape index (κ3) is 2.77. The molecule has 3 nitrogen and oxygen atoms in total. The first-order chi connectivity index (χ1) is 8.61. The van der Waals surface area contributed by atoms with E-state index >= 15 is 0 Å². The molecule has 0 aliphatic carbocycles. The summed E-state index contributed by atoms with van der Waals surface area (Å²) in [6.45, 7) is 3.96. The van der Waals surface area contributed by atoms with Gasteiger partial charge in [0.1, 0.15) is 6.07 Å². The van der Waals surface area contributed by atoms with Gasteiger partial charge in [0, 0.05) is 24.2 Å². The summed E-state index contributed by atoms with van der Waals surface area (Å²) in [5, 5.41) is 9.82. The predicted molar refractivity (Wildman–Crippen MR) is 74.8 cm³/mol. The zero-order valence-electron chi connectivity index (χ0n) is 10.6. The van der Waals surface area contributed by atoms with E-state index in [1.54, 1.807) is 12.1 Å². The van der Waals surface area contributed by atoms with Gasteiger partial charge in [-0.15, -0.1) is 0 Å². The maximum absolute atomic E-state index is 9.14. The monoisotopic (exact) mass is 263 g/mol. The van der Waals surface area contributed by atoms with E-state index in [4.69, 9.17) is 22.6 Å². The lowest BCUT2D eigenvalue weighted by atomic mass is 9.90. The van der Waals surface area contributed by atoms with Crippen molar-refractivity contribution in [2.75, 3.05) is 18.0 Å². The molecule has 0 saturated carbocycles. The first-order valence-corrected chi connectivity index (χ1v) is 6.70. The van der Waals surface area contributed by atoms with Gasteiger partial charge in [-0.2, -0.15) is 5.26 Å². The van der Waals surface area contributed by atoms with Gasteiger partial charge in [0.15, 0.2) is 0 Å². The molecule has 0 bridgehead atoms. The van der Waals surface area contributed by atoms with Crippen molar-refractivity contribution in [1.82, 2.24) is 0 Å². The molecule has 1 aromatic carbocycles. The molecule has 1 unspecified atom stereocenters. The van der Waals surface area contributed by atoms with Crippen LogP contribution in [-0.2, 0) is 0 Å². The molecule has 96 valence electrons. The van der Waals surface area contributed by atoms with Crippen molar-refractivity contribution in [3.05, 3.63) is 28.8 Å². The predicted octanol–water partition coefficient (Wildman–Crippen LogP) is 2.78. The number of nitrogens with zero attached hydrogens (tertiary/aromatic N) is 2. The Morgan fingerprint density at radius 2 is 2.11 bits per heavy atom. The van der Waals surface area contributed by atoms with Crippen LogP contribution < -0.4 is 10.6 Å². The summed E-state index contributed by atoms with van der Waals surface area (Å²) in [7, 11) is 0. The molecule has 18 heavy (non-hydrogen) atoms. The minimum Gasteiger partial charge on any atom is -0.370 e. The highest BCUT2D eigenvalue weighted by atomic mass is 35.5. The second-order valence-electron chi connectivity index (χ2n) is 4.96. The van der Waals surface area contributed by atoms with Crippen LogP contribution >= 0.6 is 11.6 Å². The number of anilines is 1. The largest absolute Gasteiger partial charge is 0.370 e. The van der Waals surface area contributed by atoms with E-state index < -0.39 is 0 Å². The smallest absolute Gasteiger partial charge is 0.101 e. The van der Waals surface area contributed by atoms with Crippen LogP contribution in [0.2, 0.25) is 5.02 Å². The van der Waals surface area contributed by atoms with Crippen molar-refractivity contribution >= 4 is 17.3 Å². The minimum atomic E-state index is 0.252. The molecule has 1 fully saturated rings. The number of hydrogen-bond donors (Lipinski definition) is 1. The van der Waals surface area contributed by atoms with Crippen molar-refractivity contribution in [3.63, 3.8) is 0 Å². The van der Waals surface area contributed by atoms with Crippen LogP contribution in [-0.4, -0.2) is 19.1 Å². The maximum atomic E-state index is 9.14. The molecule has 2 rings (SSSR count). The maximum Gasteiger partial charge on any atom is 0.101 e. The van der Waals surface area contributed by atoms with Gasteiger partial charge >= 0.3 is 0 Å². The SMILES string of the molecule is CC(N)C1CCN(c2cc(Cl)ccc2C#N)CC1. The second-order valence-corrected chi connectivity index (χ2v) is 5.39. The fraction of sp³-hybridized carbons (Fsp3) is 0.500. The molecule has 1 saturated heterocycles. The van der Waals surface area contributed by atoms with Gasteiger partial charge in [-0.3, -0.25) is 0 Å². The van der Waals surface area contributed by atoms with E-state index in [1.165, 1.54) is 0 Å². The summed E-state index contributed by atoms with van der Waals surface area (Å²) in [6, 6.07) is 7.91. The number of halogens is 1. The third-order valence-electron chi connectivity index (χ3n) is 3.70. The van der Waals surface area contributed by atoms with Crippen molar-refractivity contribution in [3.8, 4) is 6.07 Å².